The molecule has 0 saturated carbocycles. The van der Waals surface area contributed by atoms with Crippen molar-refractivity contribution >= 4 is 22.4 Å². The van der Waals surface area contributed by atoms with Crippen LogP contribution in [0.1, 0.15) is 13.3 Å². The number of anilines is 1. The third-order valence-corrected chi connectivity index (χ3v) is 2.82. The summed E-state index contributed by atoms with van der Waals surface area (Å²) >= 11 is 0. The highest BCUT2D eigenvalue weighted by atomic mass is 16.7. The van der Waals surface area contributed by atoms with Gasteiger partial charge in [0.2, 0.25) is 0 Å². The van der Waals surface area contributed by atoms with E-state index in [4.69, 9.17) is 9.94 Å². The molecule has 0 amide bonds. The number of phenols is 1. The number of phenolic OH excluding ortho intramolecular Hbond substituents is 1. The molecule has 0 aromatic heterocycles. The first-order valence-corrected chi connectivity index (χ1v) is 5.98. The molecule has 0 heterocycles. The lowest BCUT2D eigenvalue weighted by Gasteiger charge is -2.14. The Balaban J connectivity index is 2.25. The first kappa shape index (κ1) is 13.2. The van der Waals surface area contributed by atoms with Gasteiger partial charge in [0.1, 0.15) is 5.75 Å². The number of aliphatic carboxylic acids is 1. The zero-order valence-corrected chi connectivity index (χ0v) is 10.5. The van der Waals surface area contributed by atoms with Gasteiger partial charge < -0.3 is 10.2 Å². The lowest BCUT2D eigenvalue weighted by molar-refractivity contribution is -0.148. The third kappa shape index (κ3) is 2.95. The van der Waals surface area contributed by atoms with Crippen molar-refractivity contribution in [3.8, 4) is 5.75 Å². The average Bonchev–Trinajstić information content (AvgIpc) is 2.39. The number of hydrogen-bond donors (Lipinski definition) is 3. The summed E-state index contributed by atoms with van der Waals surface area (Å²) in [5.41, 5.74) is 3.27. The molecule has 1 unspecified atom stereocenters. The molecule has 2 rings (SSSR count). The average molecular weight is 261 g/mol. The molecule has 5 nitrogen and oxygen atoms in total. The minimum atomic E-state index is -1.02. The van der Waals surface area contributed by atoms with Gasteiger partial charge in [-0.25, -0.2) is 4.79 Å². The second-order valence-corrected chi connectivity index (χ2v) is 4.17. The molecule has 0 saturated heterocycles. The van der Waals surface area contributed by atoms with Gasteiger partial charge in [-0.15, -0.1) is 0 Å². The minimum absolute atomic E-state index is 0.145. The fourth-order valence-corrected chi connectivity index (χ4v) is 1.79. The second-order valence-electron chi connectivity index (χ2n) is 4.17. The molecule has 0 aliphatic heterocycles. The molecule has 100 valence electrons. The van der Waals surface area contributed by atoms with E-state index >= 15 is 0 Å². The van der Waals surface area contributed by atoms with Crippen LogP contribution in [0, 0.1) is 0 Å². The van der Waals surface area contributed by atoms with Gasteiger partial charge >= 0.3 is 5.97 Å². The topological polar surface area (TPSA) is 78.8 Å². The minimum Gasteiger partial charge on any atom is -0.508 e. The van der Waals surface area contributed by atoms with Crippen LogP contribution >= 0.6 is 0 Å². The number of carboxylic acid groups (broad SMARTS) is 1. The van der Waals surface area contributed by atoms with Crippen molar-refractivity contribution in [2.45, 2.75) is 19.4 Å². The lowest BCUT2D eigenvalue weighted by atomic mass is 10.1. The van der Waals surface area contributed by atoms with Gasteiger partial charge in [-0.05, 0) is 30.0 Å². The fraction of sp³-hybridized carbons (Fsp3) is 0.214. The summed E-state index contributed by atoms with van der Waals surface area (Å²) in [6.45, 7) is 1.73. The maximum atomic E-state index is 10.9. The molecule has 3 N–H and O–H groups in total. The van der Waals surface area contributed by atoms with Crippen LogP contribution in [0.15, 0.2) is 36.4 Å². The van der Waals surface area contributed by atoms with E-state index < -0.39 is 12.1 Å². The van der Waals surface area contributed by atoms with Crippen molar-refractivity contribution in [3.63, 3.8) is 0 Å². The van der Waals surface area contributed by atoms with E-state index in [1.807, 2.05) is 12.1 Å². The van der Waals surface area contributed by atoms with E-state index in [0.717, 1.165) is 10.8 Å². The molecule has 0 fully saturated rings. The summed E-state index contributed by atoms with van der Waals surface area (Å²) in [5, 5.41) is 20.1. The molecule has 0 radical (unpaired) electrons. The Morgan fingerprint density at radius 1 is 1.37 bits per heavy atom. The van der Waals surface area contributed by atoms with Crippen molar-refractivity contribution in [2.75, 3.05) is 5.48 Å². The quantitative estimate of drug-likeness (QED) is 0.721. The Kier molecular flexibility index (Phi) is 3.87. The Morgan fingerprint density at radius 3 is 2.84 bits per heavy atom. The van der Waals surface area contributed by atoms with Crippen LogP contribution in [-0.2, 0) is 9.63 Å². The van der Waals surface area contributed by atoms with E-state index in [0.29, 0.717) is 12.1 Å². The Labute approximate surface area is 110 Å². The van der Waals surface area contributed by atoms with Gasteiger partial charge in [-0.1, -0.05) is 25.1 Å². The van der Waals surface area contributed by atoms with Crippen molar-refractivity contribution in [1.82, 2.24) is 0 Å². The van der Waals surface area contributed by atoms with Gasteiger partial charge in [-0.2, -0.15) is 0 Å². The lowest BCUT2D eigenvalue weighted by Crippen LogP contribution is -2.25. The van der Waals surface area contributed by atoms with Crippen molar-refractivity contribution in [2.24, 2.45) is 0 Å². The van der Waals surface area contributed by atoms with Crippen LogP contribution in [0.2, 0.25) is 0 Å². The monoisotopic (exact) mass is 261 g/mol. The van der Waals surface area contributed by atoms with Gasteiger partial charge in [-0.3, -0.25) is 10.3 Å². The highest BCUT2D eigenvalue weighted by molar-refractivity contribution is 5.94. The number of fused-ring (bicyclic) bond motifs is 1. The van der Waals surface area contributed by atoms with E-state index in [1.54, 1.807) is 31.2 Å². The number of aromatic hydroxyl groups is 1. The van der Waals surface area contributed by atoms with E-state index in [9.17, 15) is 9.90 Å². The molecule has 19 heavy (non-hydrogen) atoms. The van der Waals surface area contributed by atoms with Crippen LogP contribution < -0.4 is 5.48 Å². The summed E-state index contributed by atoms with van der Waals surface area (Å²) in [6.07, 6.45) is -0.550. The fourth-order valence-electron chi connectivity index (χ4n) is 1.79. The highest BCUT2D eigenvalue weighted by Gasteiger charge is 2.16. The number of carbonyl (C=O) groups is 1. The maximum absolute atomic E-state index is 10.9. The summed E-state index contributed by atoms with van der Waals surface area (Å²) in [6, 6.07) is 10.5. The summed E-state index contributed by atoms with van der Waals surface area (Å²) in [4.78, 5) is 16.0. The molecule has 0 aliphatic carbocycles. The summed E-state index contributed by atoms with van der Waals surface area (Å²) < 4.78 is 0. The first-order chi connectivity index (χ1) is 9.11. The molecule has 2 aromatic rings. The van der Waals surface area contributed by atoms with Crippen molar-refractivity contribution < 1.29 is 19.8 Å². The standard InChI is InChI=1S/C14H15NO4/c1-2-13(14(17)18)19-15-12-5-3-4-9-6-7-10(16)8-11(9)12/h3-8,13,15-16H,2H2,1H3,(H,17,18). The number of nitrogens with one attached hydrogen (secondary N) is 1. The van der Waals surface area contributed by atoms with Gasteiger partial charge in [0, 0.05) is 5.39 Å². The van der Waals surface area contributed by atoms with Crippen LogP contribution in [0.3, 0.4) is 0 Å². The molecule has 5 heteroatoms. The molecule has 0 spiro atoms. The zero-order valence-electron chi connectivity index (χ0n) is 10.5. The number of benzene rings is 2. The smallest absolute Gasteiger partial charge is 0.335 e. The Hall–Kier alpha value is -2.27. The van der Waals surface area contributed by atoms with E-state index in [1.165, 1.54) is 0 Å². The Morgan fingerprint density at radius 2 is 2.16 bits per heavy atom. The predicted molar refractivity (Wildman–Crippen MR) is 72.0 cm³/mol. The highest BCUT2D eigenvalue weighted by Crippen LogP contribution is 2.27. The summed E-state index contributed by atoms with van der Waals surface area (Å²) in [7, 11) is 0. The number of hydrogen-bond acceptors (Lipinski definition) is 4. The normalized spacial score (nSPS) is 12.3. The van der Waals surface area contributed by atoms with Gasteiger partial charge in [0.15, 0.2) is 6.10 Å². The largest absolute Gasteiger partial charge is 0.508 e. The maximum Gasteiger partial charge on any atom is 0.335 e. The zero-order chi connectivity index (χ0) is 13.8. The molecule has 0 bridgehead atoms. The SMILES string of the molecule is CCC(ONc1cccc2ccc(O)cc12)C(=O)O. The van der Waals surface area contributed by atoms with Crippen LogP contribution in [0.5, 0.6) is 5.75 Å². The van der Waals surface area contributed by atoms with Gasteiger partial charge in [0.05, 0.1) is 5.69 Å². The Bertz CT molecular complexity index is 597. The van der Waals surface area contributed by atoms with Crippen LogP contribution in [0.4, 0.5) is 5.69 Å². The predicted octanol–water partition coefficient (Wildman–Crippen LogP) is 2.75. The van der Waals surface area contributed by atoms with Crippen molar-refractivity contribution in [1.29, 1.82) is 0 Å². The van der Waals surface area contributed by atoms with Crippen LogP contribution in [0.25, 0.3) is 10.8 Å². The van der Waals surface area contributed by atoms with Crippen LogP contribution in [-0.4, -0.2) is 22.3 Å². The first-order valence-electron chi connectivity index (χ1n) is 5.98. The number of carboxylic acids is 1. The molecular weight excluding hydrogens is 246 g/mol. The summed E-state index contributed by atoms with van der Waals surface area (Å²) in [5.74, 6) is -0.870. The number of rotatable bonds is 5. The van der Waals surface area contributed by atoms with E-state index in [2.05, 4.69) is 5.48 Å². The van der Waals surface area contributed by atoms with Crippen molar-refractivity contribution in [3.05, 3.63) is 36.4 Å². The molecule has 1 atom stereocenters. The molecule has 2 aromatic carbocycles. The second kappa shape index (κ2) is 5.58. The van der Waals surface area contributed by atoms with Gasteiger partial charge in [0.25, 0.3) is 0 Å². The van der Waals surface area contributed by atoms with E-state index in [-0.39, 0.29) is 5.75 Å². The molecule has 0 aliphatic rings. The third-order valence-electron chi connectivity index (χ3n) is 2.82. The molecular formula is C14H15NO4.